The van der Waals surface area contributed by atoms with E-state index in [-0.39, 0.29) is 29.4 Å². The van der Waals surface area contributed by atoms with Crippen molar-refractivity contribution in [3.05, 3.63) is 82.5 Å². The maximum Gasteiger partial charge on any atom is 0.249 e. The van der Waals surface area contributed by atoms with E-state index in [2.05, 4.69) is 15.6 Å². The van der Waals surface area contributed by atoms with E-state index in [0.717, 1.165) is 16.8 Å². The van der Waals surface area contributed by atoms with Gasteiger partial charge >= 0.3 is 0 Å². The summed E-state index contributed by atoms with van der Waals surface area (Å²) in [4.78, 5) is 22.5. The van der Waals surface area contributed by atoms with Crippen LogP contribution in [0.1, 0.15) is 53.9 Å². The van der Waals surface area contributed by atoms with Crippen LogP contribution in [0.25, 0.3) is 11.6 Å². The molecule has 0 aliphatic carbocycles. The van der Waals surface area contributed by atoms with Crippen LogP contribution in [-0.4, -0.2) is 28.1 Å². The number of oxazole rings is 2. The van der Waals surface area contributed by atoms with Gasteiger partial charge in [-0.05, 0) is 49.1 Å². The fourth-order valence-electron chi connectivity index (χ4n) is 5.83. The molecule has 194 valence electrons. The second-order valence-electron chi connectivity index (χ2n) is 10.5. The maximum absolute atomic E-state index is 14.8. The normalized spacial score (nSPS) is 25.1. The Morgan fingerprint density at radius 2 is 1.97 bits per heavy atom. The number of aryl methyl sites for hydroxylation is 1. The van der Waals surface area contributed by atoms with Gasteiger partial charge < -0.3 is 29.9 Å². The number of nitrogens with zero attached hydrogens (tertiary/aromatic N) is 2. The lowest BCUT2D eigenvalue weighted by atomic mass is 9.72. The largest absolute Gasteiger partial charge is 0.469 e. The van der Waals surface area contributed by atoms with Crippen LogP contribution in [0, 0.1) is 18.7 Å². The van der Waals surface area contributed by atoms with Gasteiger partial charge in [0, 0.05) is 16.8 Å². The number of aromatic nitrogens is 2. The fraction of sp³-hybridized carbons (Fsp3) is 0.321. The Balaban J connectivity index is 1.60. The van der Waals surface area contributed by atoms with Gasteiger partial charge in [-0.1, -0.05) is 26.0 Å². The summed E-state index contributed by atoms with van der Waals surface area (Å²) < 4.78 is 33.7. The van der Waals surface area contributed by atoms with Crippen LogP contribution in [0.5, 0.6) is 5.75 Å². The van der Waals surface area contributed by atoms with Crippen molar-refractivity contribution in [3.8, 4) is 17.3 Å². The molecule has 9 nitrogen and oxygen atoms in total. The number of amides is 1. The number of carbonyl (C=O) groups excluding carboxylic acids is 1. The zero-order valence-electron chi connectivity index (χ0n) is 21.0. The first kappa shape index (κ1) is 23.0. The molecule has 0 saturated heterocycles. The monoisotopic (exact) mass is 515 g/mol. The average molecular weight is 516 g/mol. The molecule has 4 bridgehead atoms. The van der Waals surface area contributed by atoms with E-state index in [9.17, 15) is 9.18 Å². The third-order valence-corrected chi connectivity index (χ3v) is 7.65. The molecule has 7 rings (SSSR count). The molecule has 4 aromatic rings. The number of fused-ring (bicyclic) bond motifs is 4. The summed E-state index contributed by atoms with van der Waals surface area (Å²) in [5, 5.41) is 6.44. The van der Waals surface area contributed by atoms with Gasteiger partial charge in [0.05, 0.1) is 11.7 Å². The summed E-state index contributed by atoms with van der Waals surface area (Å²) in [6.45, 7) is 5.74. The Bertz CT molecular complexity index is 1610. The molecule has 2 aromatic heterocycles. The van der Waals surface area contributed by atoms with Crippen LogP contribution in [0.3, 0.4) is 0 Å². The van der Waals surface area contributed by atoms with E-state index in [1.54, 1.807) is 6.07 Å². The quantitative estimate of drug-likeness (QED) is 0.366. The van der Waals surface area contributed by atoms with Crippen molar-refractivity contribution in [1.29, 1.82) is 0 Å². The second kappa shape index (κ2) is 7.91. The minimum absolute atomic E-state index is 0.0762. The smallest absolute Gasteiger partial charge is 0.249 e. The summed E-state index contributed by atoms with van der Waals surface area (Å²) in [7, 11) is 0. The first-order valence-corrected chi connectivity index (χ1v) is 12.6. The van der Waals surface area contributed by atoms with Crippen LogP contribution < -0.4 is 21.1 Å². The Morgan fingerprint density at radius 3 is 2.74 bits per heavy atom. The highest BCUT2D eigenvalue weighted by atomic mass is 19.1. The lowest BCUT2D eigenvalue weighted by Crippen LogP contribution is -2.45. The molecule has 3 aliphatic heterocycles. The molecule has 38 heavy (non-hydrogen) atoms. The first-order valence-electron chi connectivity index (χ1n) is 12.6. The van der Waals surface area contributed by atoms with E-state index in [4.69, 9.17) is 24.3 Å². The lowest BCUT2D eigenvalue weighted by Gasteiger charge is -2.28. The van der Waals surface area contributed by atoms with Crippen LogP contribution in [0.4, 0.5) is 10.1 Å². The molecular formula is C28H26FN5O4. The molecule has 1 amide bonds. The fourth-order valence-corrected chi connectivity index (χ4v) is 5.83. The number of anilines is 1. The molecule has 4 N–H and O–H groups in total. The van der Waals surface area contributed by atoms with Gasteiger partial charge in [0.15, 0.2) is 17.7 Å². The number of nitrogens with two attached hydrogens (primary N) is 1. The van der Waals surface area contributed by atoms with Crippen molar-refractivity contribution in [2.45, 2.75) is 50.9 Å². The number of carbonyl (C=O) groups is 1. The zero-order chi connectivity index (χ0) is 26.3. The second-order valence-corrected chi connectivity index (χ2v) is 10.5. The standard InChI is InChI=1S/C28H26FN5O4/c1-12(2)21-26-34-22(25-31-13(3)11-36-25)23(38-26)28-16-10-15(29)5-6-19(16)32-27(28)37-20-7-4-14(8-17(20)28)9-18(30)24(35)33-21/h4-8,10-12,18,21,27,32H,9,30H2,1-3H3,(H,33,35)/t18-,21-,27+,28-/m0/s1. The van der Waals surface area contributed by atoms with E-state index in [1.165, 1.54) is 18.4 Å². The first-order chi connectivity index (χ1) is 18.3. The van der Waals surface area contributed by atoms with Crippen molar-refractivity contribution < 1.29 is 22.8 Å². The average Bonchev–Trinajstić information content (AvgIpc) is 3.63. The van der Waals surface area contributed by atoms with E-state index in [0.29, 0.717) is 34.9 Å². The molecule has 3 aliphatic rings. The minimum Gasteiger partial charge on any atom is -0.469 e. The van der Waals surface area contributed by atoms with Crippen molar-refractivity contribution in [2.75, 3.05) is 5.32 Å². The van der Waals surface area contributed by atoms with Crippen LogP contribution in [0.2, 0.25) is 0 Å². The van der Waals surface area contributed by atoms with Gasteiger partial charge in [0.25, 0.3) is 0 Å². The number of ether oxygens (including phenoxy) is 1. The number of hydrogen-bond donors (Lipinski definition) is 3. The third kappa shape index (κ3) is 3.10. The Morgan fingerprint density at radius 1 is 1.13 bits per heavy atom. The third-order valence-electron chi connectivity index (χ3n) is 7.65. The topological polar surface area (TPSA) is 128 Å². The molecule has 0 fully saturated rings. The lowest BCUT2D eigenvalue weighted by molar-refractivity contribution is -0.123. The highest BCUT2D eigenvalue weighted by Crippen LogP contribution is 2.59. The maximum atomic E-state index is 14.8. The summed E-state index contributed by atoms with van der Waals surface area (Å²) in [5.74, 6) is 0.782. The van der Waals surface area contributed by atoms with Crippen LogP contribution in [0.15, 0.2) is 51.5 Å². The van der Waals surface area contributed by atoms with Crippen molar-refractivity contribution in [1.82, 2.24) is 15.3 Å². The van der Waals surface area contributed by atoms with Gasteiger partial charge in [-0.3, -0.25) is 4.79 Å². The van der Waals surface area contributed by atoms with E-state index in [1.807, 2.05) is 39.0 Å². The number of rotatable bonds is 2. The predicted octanol–water partition coefficient (Wildman–Crippen LogP) is 3.95. The number of hydrogen-bond acceptors (Lipinski definition) is 8. The summed E-state index contributed by atoms with van der Waals surface area (Å²) in [5.41, 5.74) is 9.25. The molecule has 1 spiro atoms. The van der Waals surface area contributed by atoms with Gasteiger partial charge in [-0.25, -0.2) is 14.4 Å². The summed E-state index contributed by atoms with van der Waals surface area (Å²) in [6.07, 6.45) is 1.20. The minimum atomic E-state index is -1.11. The van der Waals surface area contributed by atoms with Gasteiger partial charge in [-0.2, -0.15) is 0 Å². The molecule has 0 radical (unpaired) electrons. The number of benzene rings is 2. The van der Waals surface area contributed by atoms with Crippen molar-refractivity contribution in [3.63, 3.8) is 0 Å². The van der Waals surface area contributed by atoms with Crippen molar-refractivity contribution >= 4 is 11.6 Å². The molecule has 0 saturated carbocycles. The highest BCUT2D eigenvalue weighted by molar-refractivity contribution is 5.82. The SMILES string of the molecule is Cc1coc(-c2nc3oc2[C@@]24c5cc(F)ccc5N[C@@H]2Oc2ccc(cc24)C[C@H](N)C(=O)N[C@H]3C(C)C)n1. The predicted molar refractivity (Wildman–Crippen MR) is 135 cm³/mol. The Labute approximate surface area is 217 Å². The van der Waals surface area contributed by atoms with Crippen molar-refractivity contribution in [2.24, 2.45) is 11.7 Å². The molecule has 10 heteroatoms. The zero-order valence-corrected chi connectivity index (χ0v) is 21.0. The molecular weight excluding hydrogens is 489 g/mol. The highest BCUT2D eigenvalue weighted by Gasteiger charge is 2.61. The molecule has 2 aromatic carbocycles. The number of nitrogens with one attached hydrogen (secondary N) is 2. The Hall–Kier alpha value is -4.18. The van der Waals surface area contributed by atoms with Crippen LogP contribution in [-0.2, 0) is 16.6 Å². The van der Waals surface area contributed by atoms with Gasteiger partial charge in [0.1, 0.15) is 29.3 Å². The van der Waals surface area contributed by atoms with Gasteiger partial charge in [-0.15, -0.1) is 0 Å². The molecule has 5 heterocycles. The molecule has 4 atom stereocenters. The van der Waals surface area contributed by atoms with E-state index >= 15 is 0 Å². The van der Waals surface area contributed by atoms with E-state index < -0.39 is 23.7 Å². The Kier molecular flexibility index (Phi) is 4.78. The molecule has 0 unspecified atom stereocenters. The number of halogens is 1. The summed E-state index contributed by atoms with van der Waals surface area (Å²) >= 11 is 0. The summed E-state index contributed by atoms with van der Waals surface area (Å²) in [6, 6.07) is 8.93. The van der Waals surface area contributed by atoms with Gasteiger partial charge in [0.2, 0.25) is 17.7 Å². The van der Waals surface area contributed by atoms with Crippen LogP contribution >= 0.6 is 0 Å².